The van der Waals surface area contributed by atoms with E-state index in [9.17, 15) is 14.0 Å². The molecule has 3 aromatic rings. The monoisotopic (exact) mass is 524 g/mol. The maximum absolute atomic E-state index is 14.7. The molecule has 0 fully saturated rings. The van der Waals surface area contributed by atoms with Crippen LogP contribution >= 0.6 is 11.6 Å². The summed E-state index contributed by atoms with van der Waals surface area (Å²) in [4.78, 5) is 28.6. The van der Waals surface area contributed by atoms with Gasteiger partial charge in [0.2, 0.25) is 5.91 Å². The van der Waals surface area contributed by atoms with Crippen molar-refractivity contribution in [2.24, 2.45) is 0 Å². The first-order chi connectivity index (χ1) is 17.4. The van der Waals surface area contributed by atoms with Crippen LogP contribution < -0.4 is 10.1 Å². The molecule has 37 heavy (non-hydrogen) atoms. The lowest BCUT2D eigenvalue weighted by atomic mass is 10.0. The Hall–Kier alpha value is -3.38. The highest BCUT2D eigenvalue weighted by atomic mass is 35.5. The number of amides is 2. The second-order valence-corrected chi connectivity index (χ2v) is 10.6. The molecule has 0 aliphatic heterocycles. The molecule has 2 amide bonds. The standard InChI is InChI=1S/C30H34ClFN2O3/c1-20-15-24(16-21(2)28(20)31)37-19-27(35)34(18-23-13-9-10-14-25(23)32)26(29(36)33-30(3,4)5)17-22-11-7-6-8-12-22/h6-16,26H,17-19H2,1-5H3,(H,33,36)/t26-/m0/s1. The van der Waals surface area contributed by atoms with Crippen molar-refractivity contribution in [3.8, 4) is 5.75 Å². The van der Waals surface area contributed by atoms with Crippen molar-refractivity contribution >= 4 is 23.4 Å². The number of ether oxygens (including phenoxy) is 1. The number of nitrogens with zero attached hydrogens (tertiary/aromatic N) is 1. The van der Waals surface area contributed by atoms with Crippen molar-refractivity contribution in [2.75, 3.05) is 6.61 Å². The van der Waals surface area contributed by atoms with Crippen LogP contribution in [-0.2, 0) is 22.6 Å². The number of hydrogen-bond donors (Lipinski definition) is 1. The van der Waals surface area contributed by atoms with Crippen LogP contribution in [0.3, 0.4) is 0 Å². The van der Waals surface area contributed by atoms with Crippen LogP contribution in [0.1, 0.15) is 43.0 Å². The summed E-state index contributed by atoms with van der Waals surface area (Å²) in [6.07, 6.45) is 0.266. The van der Waals surface area contributed by atoms with E-state index in [-0.39, 0.29) is 25.5 Å². The van der Waals surface area contributed by atoms with Gasteiger partial charge in [0.15, 0.2) is 6.61 Å². The zero-order valence-corrected chi connectivity index (χ0v) is 22.7. The number of carbonyl (C=O) groups excluding carboxylic acids is 2. The molecule has 3 aromatic carbocycles. The largest absolute Gasteiger partial charge is 0.484 e. The summed E-state index contributed by atoms with van der Waals surface area (Å²) in [6.45, 7) is 8.96. The summed E-state index contributed by atoms with van der Waals surface area (Å²) in [6, 6.07) is 18.3. The molecule has 0 saturated heterocycles. The molecule has 0 saturated carbocycles. The topological polar surface area (TPSA) is 58.6 Å². The van der Waals surface area contributed by atoms with E-state index in [2.05, 4.69) is 5.32 Å². The number of benzene rings is 3. The lowest BCUT2D eigenvalue weighted by Gasteiger charge is -2.33. The molecule has 0 bridgehead atoms. The summed E-state index contributed by atoms with van der Waals surface area (Å²) in [5.41, 5.74) is 2.34. The second-order valence-electron chi connectivity index (χ2n) is 10.2. The highest BCUT2D eigenvalue weighted by Gasteiger charge is 2.33. The van der Waals surface area contributed by atoms with Gasteiger partial charge in [-0.25, -0.2) is 4.39 Å². The minimum absolute atomic E-state index is 0.0808. The Balaban J connectivity index is 1.95. The minimum Gasteiger partial charge on any atom is -0.484 e. The third kappa shape index (κ3) is 8.05. The van der Waals surface area contributed by atoms with Gasteiger partial charge in [-0.1, -0.05) is 60.1 Å². The van der Waals surface area contributed by atoms with Crippen molar-refractivity contribution in [2.45, 2.75) is 59.2 Å². The highest BCUT2D eigenvalue weighted by Crippen LogP contribution is 2.26. The summed E-state index contributed by atoms with van der Waals surface area (Å²) < 4.78 is 20.5. The Morgan fingerprint density at radius 2 is 1.59 bits per heavy atom. The smallest absolute Gasteiger partial charge is 0.261 e. The number of nitrogens with one attached hydrogen (secondary N) is 1. The Bertz CT molecular complexity index is 1220. The van der Waals surface area contributed by atoms with Gasteiger partial charge in [0.05, 0.1) is 0 Å². The Labute approximate surface area is 223 Å². The predicted molar refractivity (Wildman–Crippen MR) is 145 cm³/mol. The summed E-state index contributed by atoms with van der Waals surface area (Å²) in [5, 5.41) is 3.63. The van der Waals surface area contributed by atoms with Crippen LogP contribution in [-0.4, -0.2) is 34.9 Å². The van der Waals surface area contributed by atoms with E-state index < -0.39 is 23.3 Å². The SMILES string of the molecule is Cc1cc(OCC(=O)N(Cc2ccccc2F)[C@@H](Cc2ccccc2)C(=O)NC(C)(C)C)cc(C)c1Cl. The normalized spacial score (nSPS) is 12.1. The molecular formula is C30H34ClFN2O3. The fraction of sp³-hybridized carbons (Fsp3) is 0.333. The van der Waals surface area contributed by atoms with Crippen molar-refractivity contribution < 1.29 is 18.7 Å². The van der Waals surface area contributed by atoms with Crippen molar-refractivity contribution in [1.82, 2.24) is 10.2 Å². The van der Waals surface area contributed by atoms with Crippen LogP contribution in [0, 0.1) is 19.7 Å². The molecule has 0 aliphatic rings. The van der Waals surface area contributed by atoms with Gasteiger partial charge in [-0.15, -0.1) is 0 Å². The maximum atomic E-state index is 14.7. The van der Waals surface area contributed by atoms with E-state index in [0.717, 1.165) is 16.7 Å². The van der Waals surface area contributed by atoms with Gasteiger partial charge in [-0.05, 0) is 69.5 Å². The van der Waals surface area contributed by atoms with Crippen molar-refractivity contribution in [1.29, 1.82) is 0 Å². The summed E-state index contributed by atoms with van der Waals surface area (Å²) in [5.74, 6) is -0.699. The lowest BCUT2D eigenvalue weighted by Crippen LogP contribution is -2.55. The quantitative estimate of drug-likeness (QED) is 0.372. The third-order valence-electron chi connectivity index (χ3n) is 5.84. The molecule has 1 atom stereocenters. The van der Waals surface area contributed by atoms with Gasteiger partial charge in [0, 0.05) is 29.1 Å². The van der Waals surface area contributed by atoms with Crippen LogP contribution in [0.5, 0.6) is 5.75 Å². The third-order valence-corrected chi connectivity index (χ3v) is 6.44. The van der Waals surface area contributed by atoms with Gasteiger partial charge < -0.3 is 15.0 Å². The maximum Gasteiger partial charge on any atom is 0.261 e. The van der Waals surface area contributed by atoms with Gasteiger partial charge >= 0.3 is 0 Å². The molecular weight excluding hydrogens is 491 g/mol. The van der Waals surface area contributed by atoms with E-state index in [4.69, 9.17) is 16.3 Å². The van der Waals surface area contributed by atoms with Gasteiger partial charge in [-0.2, -0.15) is 0 Å². The molecule has 1 N–H and O–H groups in total. The van der Waals surface area contributed by atoms with Crippen molar-refractivity contribution in [3.05, 3.63) is 99.8 Å². The molecule has 3 rings (SSSR count). The van der Waals surface area contributed by atoms with Gasteiger partial charge in [-0.3, -0.25) is 9.59 Å². The minimum atomic E-state index is -0.883. The van der Waals surface area contributed by atoms with Crippen LogP contribution in [0.15, 0.2) is 66.7 Å². The molecule has 5 nitrogen and oxygen atoms in total. The molecule has 0 aromatic heterocycles. The molecule has 0 heterocycles. The first-order valence-corrected chi connectivity index (χ1v) is 12.6. The molecule has 0 spiro atoms. The van der Waals surface area contributed by atoms with Gasteiger partial charge in [0.1, 0.15) is 17.6 Å². The van der Waals surface area contributed by atoms with E-state index >= 15 is 0 Å². The number of carbonyl (C=O) groups is 2. The van der Waals surface area contributed by atoms with Gasteiger partial charge in [0.25, 0.3) is 5.91 Å². The fourth-order valence-corrected chi connectivity index (χ4v) is 4.14. The van der Waals surface area contributed by atoms with Crippen LogP contribution in [0.25, 0.3) is 0 Å². The predicted octanol–water partition coefficient (Wildman–Crippen LogP) is 6.03. The van der Waals surface area contributed by atoms with Crippen LogP contribution in [0.2, 0.25) is 5.02 Å². The molecule has 0 radical (unpaired) electrons. The average Bonchev–Trinajstić information content (AvgIpc) is 2.83. The Kier molecular flexibility index (Phi) is 9.33. The first-order valence-electron chi connectivity index (χ1n) is 12.2. The molecule has 7 heteroatoms. The second kappa shape index (κ2) is 12.2. The first kappa shape index (κ1) is 28.2. The number of halogens is 2. The lowest BCUT2D eigenvalue weighted by molar-refractivity contribution is -0.143. The highest BCUT2D eigenvalue weighted by molar-refractivity contribution is 6.32. The summed E-state index contributed by atoms with van der Waals surface area (Å²) in [7, 11) is 0. The molecule has 0 aliphatic carbocycles. The zero-order valence-electron chi connectivity index (χ0n) is 22.0. The van der Waals surface area contributed by atoms with E-state index in [1.54, 1.807) is 30.3 Å². The zero-order chi connectivity index (χ0) is 27.2. The average molecular weight is 525 g/mol. The number of hydrogen-bond acceptors (Lipinski definition) is 3. The number of rotatable bonds is 9. The van der Waals surface area contributed by atoms with E-state index in [0.29, 0.717) is 16.3 Å². The molecule has 196 valence electrons. The van der Waals surface area contributed by atoms with Crippen molar-refractivity contribution in [3.63, 3.8) is 0 Å². The number of aryl methyl sites for hydroxylation is 2. The Morgan fingerprint density at radius 1 is 1.00 bits per heavy atom. The van der Waals surface area contributed by atoms with E-state index in [1.807, 2.05) is 65.0 Å². The molecule has 0 unspecified atom stereocenters. The Morgan fingerprint density at radius 3 is 2.19 bits per heavy atom. The van der Waals surface area contributed by atoms with Crippen LogP contribution in [0.4, 0.5) is 4.39 Å². The van der Waals surface area contributed by atoms with E-state index in [1.165, 1.54) is 11.0 Å². The summed E-state index contributed by atoms with van der Waals surface area (Å²) >= 11 is 6.26. The fourth-order valence-electron chi connectivity index (χ4n) is 4.03.